The molecule has 2 aromatic rings. The molecule has 0 radical (unpaired) electrons. The summed E-state index contributed by atoms with van der Waals surface area (Å²) >= 11 is 0. The molecule has 6 heteroatoms. The van der Waals surface area contributed by atoms with Crippen molar-refractivity contribution in [3.63, 3.8) is 0 Å². The molecule has 2 rings (SSSR count). The molecule has 0 fully saturated rings. The zero-order chi connectivity index (χ0) is 18.9. The fourth-order valence-corrected chi connectivity index (χ4v) is 2.12. The number of Topliss-reactive ketones (excluding diaryl/α,β-unsaturated/α-hetero) is 1. The zero-order valence-corrected chi connectivity index (χ0v) is 13.9. The molecule has 132 valence electrons. The summed E-state index contributed by atoms with van der Waals surface area (Å²) in [6.07, 6.45) is 0.768. The minimum absolute atomic E-state index is 0.0857. The third kappa shape index (κ3) is 5.11. The van der Waals surface area contributed by atoms with Crippen molar-refractivity contribution in [2.45, 2.75) is 6.04 Å². The number of aliphatic hydroxyl groups excluding tert-OH is 1. The predicted octanol–water partition coefficient (Wildman–Crippen LogP) is 0.517. The number of aldehydes is 1. The minimum atomic E-state index is -0.915. The summed E-state index contributed by atoms with van der Waals surface area (Å²) in [6, 6.07) is 12.5. The van der Waals surface area contributed by atoms with Gasteiger partial charge in [0.25, 0.3) is 5.91 Å². The Morgan fingerprint density at radius 3 is 2.04 bits per heavy atom. The Morgan fingerprint density at radius 1 is 1.04 bits per heavy atom. The number of rotatable bonds is 6. The molecule has 1 amide bonds. The molecule has 0 spiro atoms. The lowest BCUT2D eigenvalue weighted by Crippen LogP contribution is -2.46. The molecule has 0 aromatic heterocycles. The van der Waals surface area contributed by atoms with Gasteiger partial charge in [-0.25, -0.2) is 0 Å². The average molecular weight is 350 g/mol. The van der Waals surface area contributed by atoms with E-state index < -0.39 is 24.3 Å². The van der Waals surface area contributed by atoms with Crippen molar-refractivity contribution < 1.29 is 19.5 Å². The average Bonchev–Trinajstić information content (AvgIpc) is 2.70. The van der Waals surface area contributed by atoms with Crippen LogP contribution in [0.25, 0.3) is 0 Å². The third-order valence-electron chi connectivity index (χ3n) is 3.63. The summed E-state index contributed by atoms with van der Waals surface area (Å²) in [6.45, 7) is -0.762. The Balaban J connectivity index is 2.05. The number of nitrogens with one attached hydrogen (secondary N) is 1. The Kier molecular flexibility index (Phi) is 6.80. The normalized spacial score (nSPS) is 11.0. The van der Waals surface area contributed by atoms with Crippen molar-refractivity contribution in [3.8, 4) is 11.8 Å². The maximum atomic E-state index is 12.1. The van der Waals surface area contributed by atoms with Crippen LogP contribution < -0.4 is 11.1 Å². The molecular formula is C20H18N2O4. The van der Waals surface area contributed by atoms with E-state index in [1.54, 1.807) is 48.5 Å². The van der Waals surface area contributed by atoms with Gasteiger partial charge in [-0.15, -0.1) is 0 Å². The van der Waals surface area contributed by atoms with Crippen LogP contribution in [0.1, 0.15) is 31.8 Å². The van der Waals surface area contributed by atoms with Gasteiger partial charge in [-0.05, 0) is 36.4 Å². The monoisotopic (exact) mass is 350 g/mol. The Bertz CT molecular complexity index is 846. The van der Waals surface area contributed by atoms with Crippen molar-refractivity contribution >= 4 is 18.0 Å². The minimum Gasteiger partial charge on any atom is -0.388 e. The molecule has 1 atom stereocenters. The fourth-order valence-electron chi connectivity index (χ4n) is 2.12. The van der Waals surface area contributed by atoms with Gasteiger partial charge in [0.2, 0.25) is 0 Å². The van der Waals surface area contributed by atoms with Crippen LogP contribution in [0.15, 0.2) is 48.5 Å². The lowest BCUT2D eigenvalue weighted by molar-refractivity contribution is -0.123. The molecule has 6 nitrogen and oxygen atoms in total. The van der Waals surface area contributed by atoms with Crippen LogP contribution in [0.4, 0.5) is 0 Å². The van der Waals surface area contributed by atoms with E-state index in [4.69, 9.17) is 10.8 Å². The first-order valence-electron chi connectivity index (χ1n) is 7.89. The van der Waals surface area contributed by atoms with Crippen LogP contribution in [-0.2, 0) is 4.79 Å². The van der Waals surface area contributed by atoms with Crippen LogP contribution in [0.3, 0.4) is 0 Å². The van der Waals surface area contributed by atoms with Crippen LogP contribution in [-0.4, -0.2) is 42.3 Å². The third-order valence-corrected chi connectivity index (χ3v) is 3.63. The van der Waals surface area contributed by atoms with Crippen LogP contribution >= 0.6 is 0 Å². The number of ketones is 1. The highest BCUT2D eigenvalue weighted by molar-refractivity contribution is 5.98. The van der Waals surface area contributed by atoms with E-state index in [1.807, 2.05) is 0 Å². The summed E-state index contributed by atoms with van der Waals surface area (Å²) < 4.78 is 0. The molecule has 26 heavy (non-hydrogen) atoms. The molecule has 0 saturated carbocycles. The van der Waals surface area contributed by atoms with Crippen LogP contribution in [0.2, 0.25) is 0 Å². The number of carbonyl (C=O) groups is 3. The van der Waals surface area contributed by atoms with Crippen LogP contribution in [0.5, 0.6) is 0 Å². The highest BCUT2D eigenvalue weighted by atomic mass is 16.3. The molecule has 4 N–H and O–H groups in total. The second-order valence-corrected chi connectivity index (χ2v) is 5.45. The summed E-state index contributed by atoms with van der Waals surface area (Å²) in [5, 5.41) is 11.3. The largest absolute Gasteiger partial charge is 0.388 e. The van der Waals surface area contributed by atoms with E-state index in [0.717, 1.165) is 11.8 Å². The van der Waals surface area contributed by atoms with E-state index in [2.05, 4.69) is 17.2 Å². The molecule has 0 unspecified atom stereocenters. The molecule has 0 heterocycles. The molecule has 0 saturated heterocycles. The highest BCUT2D eigenvalue weighted by Crippen LogP contribution is 2.05. The Hall–Kier alpha value is -3.27. The second-order valence-electron chi connectivity index (χ2n) is 5.45. The number of amides is 1. The first-order valence-corrected chi connectivity index (χ1v) is 7.89. The van der Waals surface area contributed by atoms with Crippen molar-refractivity contribution in [3.05, 3.63) is 70.8 Å². The summed E-state index contributed by atoms with van der Waals surface area (Å²) in [5.41, 5.74) is 7.85. The van der Waals surface area contributed by atoms with E-state index in [0.29, 0.717) is 16.7 Å². The quantitative estimate of drug-likeness (QED) is 0.520. The number of hydrogen-bond acceptors (Lipinski definition) is 5. The van der Waals surface area contributed by atoms with Crippen LogP contribution in [0, 0.1) is 11.8 Å². The SMILES string of the molecule is NC[C@H](NC(=O)c1ccc(C#Cc2ccc(C=O)cc2)cc1)C(=O)CO. The summed E-state index contributed by atoms with van der Waals surface area (Å²) in [7, 11) is 0. The molecule has 0 aliphatic carbocycles. The maximum absolute atomic E-state index is 12.1. The van der Waals surface area contributed by atoms with E-state index in [9.17, 15) is 14.4 Å². The van der Waals surface area contributed by atoms with E-state index in [1.165, 1.54) is 0 Å². The van der Waals surface area contributed by atoms with Gasteiger partial charge >= 0.3 is 0 Å². The fraction of sp³-hybridized carbons (Fsp3) is 0.150. The lowest BCUT2D eigenvalue weighted by atomic mass is 10.1. The summed E-state index contributed by atoms with van der Waals surface area (Å²) in [5.74, 6) is 4.95. The second kappa shape index (κ2) is 9.28. The van der Waals surface area contributed by atoms with Gasteiger partial charge in [-0.3, -0.25) is 14.4 Å². The number of hydrogen-bond donors (Lipinski definition) is 3. The highest BCUT2D eigenvalue weighted by Gasteiger charge is 2.18. The Morgan fingerprint density at radius 2 is 1.58 bits per heavy atom. The molecule has 0 bridgehead atoms. The van der Waals surface area contributed by atoms with Crippen molar-refractivity contribution in [2.75, 3.05) is 13.2 Å². The van der Waals surface area contributed by atoms with E-state index in [-0.39, 0.29) is 6.54 Å². The number of carbonyl (C=O) groups excluding carboxylic acids is 3. The number of benzene rings is 2. The first-order chi connectivity index (χ1) is 12.6. The van der Waals surface area contributed by atoms with Crippen molar-refractivity contribution in [1.82, 2.24) is 5.32 Å². The molecular weight excluding hydrogens is 332 g/mol. The predicted molar refractivity (Wildman–Crippen MR) is 96.7 cm³/mol. The van der Waals surface area contributed by atoms with Gasteiger partial charge < -0.3 is 16.2 Å². The standard InChI is InChI=1S/C20H18N2O4/c21-11-18(19(25)13-24)22-20(26)17-9-7-15(8-10-17)2-1-14-3-5-16(12-23)6-4-14/h3-10,12,18,24H,11,13,21H2,(H,22,26)/t18-/m0/s1. The van der Waals surface area contributed by atoms with Gasteiger partial charge in [0.05, 0.1) is 0 Å². The number of nitrogens with two attached hydrogens (primary N) is 1. The van der Waals surface area contributed by atoms with Crippen molar-refractivity contribution in [2.24, 2.45) is 5.73 Å². The molecule has 0 aliphatic rings. The van der Waals surface area contributed by atoms with Gasteiger partial charge in [0, 0.05) is 28.8 Å². The van der Waals surface area contributed by atoms with Gasteiger partial charge in [0.1, 0.15) is 18.9 Å². The van der Waals surface area contributed by atoms with Gasteiger partial charge in [-0.1, -0.05) is 24.0 Å². The smallest absolute Gasteiger partial charge is 0.251 e. The summed E-state index contributed by atoms with van der Waals surface area (Å²) in [4.78, 5) is 34.2. The molecule has 2 aromatic carbocycles. The zero-order valence-electron chi connectivity index (χ0n) is 13.9. The Labute approximate surface area is 151 Å². The van der Waals surface area contributed by atoms with Gasteiger partial charge in [0.15, 0.2) is 5.78 Å². The number of aliphatic hydroxyl groups is 1. The first kappa shape index (κ1) is 19.1. The maximum Gasteiger partial charge on any atom is 0.251 e. The van der Waals surface area contributed by atoms with Crippen molar-refractivity contribution in [1.29, 1.82) is 0 Å². The lowest BCUT2D eigenvalue weighted by Gasteiger charge is -2.14. The van der Waals surface area contributed by atoms with Gasteiger partial charge in [-0.2, -0.15) is 0 Å². The van der Waals surface area contributed by atoms with E-state index >= 15 is 0 Å². The topological polar surface area (TPSA) is 109 Å². The molecule has 0 aliphatic heterocycles.